The summed E-state index contributed by atoms with van der Waals surface area (Å²) >= 11 is 0. The summed E-state index contributed by atoms with van der Waals surface area (Å²) in [6.07, 6.45) is 2.03. The van der Waals surface area contributed by atoms with E-state index < -0.39 is 10.0 Å². The zero-order chi connectivity index (χ0) is 22.6. The maximum atomic E-state index is 12.3. The number of hydrogen-bond acceptors (Lipinski definition) is 4. The number of nitrogens with one attached hydrogen (secondary N) is 2. The molecule has 0 fully saturated rings. The quantitative estimate of drug-likeness (QED) is 0.494. The number of nitrogens with zero attached hydrogens (tertiary/aromatic N) is 1. The number of sulfonamides is 1. The van der Waals surface area contributed by atoms with E-state index in [1.807, 2.05) is 30.5 Å². The molecule has 7 nitrogen and oxygen atoms in total. The van der Waals surface area contributed by atoms with Crippen molar-refractivity contribution in [3.8, 4) is 0 Å². The molecule has 0 saturated heterocycles. The first-order chi connectivity index (χ1) is 14.7. The van der Waals surface area contributed by atoms with Gasteiger partial charge in [0.1, 0.15) is 0 Å². The van der Waals surface area contributed by atoms with Gasteiger partial charge in [-0.3, -0.25) is 9.59 Å². The van der Waals surface area contributed by atoms with Crippen LogP contribution in [0.4, 0.5) is 5.69 Å². The Labute approximate surface area is 182 Å². The van der Waals surface area contributed by atoms with Gasteiger partial charge in [-0.1, -0.05) is 26.0 Å². The molecule has 8 heteroatoms. The largest absolute Gasteiger partial charge is 0.347 e. The lowest BCUT2D eigenvalue weighted by molar-refractivity contribution is -0.116. The number of benzene rings is 2. The smallest absolute Gasteiger partial charge is 0.240 e. The number of aromatic nitrogens is 1. The highest BCUT2D eigenvalue weighted by molar-refractivity contribution is 7.89. The van der Waals surface area contributed by atoms with Crippen LogP contribution in [0.3, 0.4) is 0 Å². The highest BCUT2D eigenvalue weighted by Crippen LogP contribution is 2.21. The van der Waals surface area contributed by atoms with E-state index >= 15 is 0 Å². The van der Waals surface area contributed by atoms with Gasteiger partial charge in [0, 0.05) is 47.9 Å². The van der Waals surface area contributed by atoms with Crippen LogP contribution in [0.2, 0.25) is 0 Å². The third-order valence-electron chi connectivity index (χ3n) is 4.83. The lowest BCUT2D eigenvalue weighted by Crippen LogP contribution is -2.27. The number of Topliss-reactive ketones (excluding diaryl/α,β-unsaturated/α-hetero) is 1. The second-order valence-corrected chi connectivity index (χ2v) is 9.68. The second kappa shape index (κ2) is 9.45. The number of carbonyl (C=O) groups excluding carboxylic acids is 2. The normalized spacial score (nSPS) is 11.7. The summed E-state index contributed by atoms with van der Waals surface area (Å²) < 4.78 is 29.3. The Morgan fingerprint density at radius 1 is 1.03 bits per heavy atom. The Balaban J connectivity index is 1.55. The molecule has 0 aliphatic rings. The second-order valence-electron chi connectivity index (χ2n) is 7.91. The average molecular weight is 442 g/mol. The summed E-state index contributed by atoms with van der Waals surface area (Å²) in [5, 5.41) is 3.84. The molecule has 2 N–H and O–H groups in total. The van der Waals surface area contributed by atoms with Crippen LogP contribution in [0, 0.1) is 5.92 Å². The van der Waals surface area contributed by atoms with Crippen LogP contribution in [-0.4, -0.2) is 31.2 Å². The van der Waals surface area contributed by atoms with Gasteiger partial charge in [-0.05, 0) is 49.2 Å². The minimum Gasteiger partial charge on any atom is -0.347 e. The van der Waals surface area contributed by atoms with Gasteiger partial charge in [-0.2, -0.15) is 0 Å². The van der Waals surface area contributed by atoms with Gasteiger partial charge in [0.15, 0.2) is 5.78 Å². The number of amides is 1. The van der Waals surface area contributed by atoms with Crippen molar-refractivity contribution in [3.63, 3.8) is 0 Å². The van der Waals surface area contributed by atoms with Crippen molar-refractivity contribution in [1.29, 1.82) is 0 Å². The highest BCUT2D eigenvalue weighted by atomic mass is 32.2. The molecule has 0 radical (unpaired) electrons. The molecule has 0 aliphatic heterocycles. The Hall–Kier alpha value is -2.97. The molecule has 1 heterocycles. The van der Waals surface area contributed by atoms with Crippen LogP contribution >= 0.6 is 0 Å². The van der Waals surface area contributed by atoms with E-state index in [4.69, 9.17) is 0 Å². The molecule has 1 amide bonds. The van der Waals surface area contributed by atoms with Crippen molar-refractivity contribution < 1.29 is 18.0 Å². The molecule has 0 unspecified atom stereocenters. The third kappa shape index (κ3) is 5.80. The van der Waals surface area contributed by atoms with Crippen molar-refractivity contribution in [2.75, 3.05) is 11.9 Å². The first kappa shape index (κ1) is 22.7. The number of fused-ring (bicyclic) bond motifs is 1. The van der Waals surface area contributed by atoms with Gasteiger partial charge in [-0.15, -0.1) is 0 Å². The molecular weight excluding hydrogens is 414 g/mol. The molecule has 0 bridgehead atoms. The first-order valence-corrected chi connectivity index (χ1v) is 11.6. The molecule has 0 saturated carbocycles. The SMILES string of the molecule is CC(=O)c1ccc(S(=O)(=O)NCCC(=O)Nc2ccc3c(ccn3CC(C)C)c2)cc1. The monoisotopic (exact) mass is 441 g/mol. The number of anilines is 1. The molecule has 1 aromatic heterocycles. The Kier molecular flexibility index (Phi) is 6.92. The van der Waals surface area contributed by atoms with E-state index in [1.165, 1.54) is 31.2 Å². The van der Waals surface area contributed by atoms with E-state index in [2.05, 4.69) is 28.5 Å². The summed E-state index contributed by atoms with van der Waals surface area (Å²) in [5.74, 6) is 0.115. The fraction of sp³-hybridized carbons (Fsp3) is 0.304. The van der Waals surface area contributed by atoms with Crippen LogP contribution in [0.1, 0.15) is 37.6 Å². The third-order valence-corrected chi connectivity index (χ3v) is 6.31. The van der Waals surface area contributed by atoms with Crippen LogP contribution in [-0.2, 0) is 21.4 Å². The Bertz CT molecular complexity index is 1200. The van der Waals surface area contributed by atoms with Crippen molar-refractivity contribution >= 4 is 38.3 Å². The maximum absolute atomic E-state index is 12.3. The molecule has 164 valence electrons. The van der Waals surface area contributed by atoms with E-state index in [0.29, 0.717) is 17.2 Å². The zero-order valence-corrected chi connectivity index (χ0v) is 18.7. The predicted molar refractivity (Wildman–Crippen MR) is 122 cm³/mol. The van der Waals surface area contributed by atoms with Gasteiger partial charge in [-0.25, -0.2) is 13.1 Å². The fourth-order valence-corrected chi connectivity index (χ4v) is 4.34. The van der Waals surface area contributed by atoms with Gasteiger partial charge >= 0.3 is 0 Å². The summed E-state index contributed by atoms with van der Waals surface area (Å²) in [4.78, 5) is 23.6. The Morgan fingerprint density at radius 3 is 2.39 bits per heavy atom. The van der Waals surface area contributed by atoms with E-state index in [-0.39, 0.29) is 29.6 Å². The lowest BCUT2D eigenvalue weighted by atomic mass is 10.2. The zero-order valence-electron chi connectivity index (χ0n) is 17.9. The number of hydrogen-bond donors (Lipinski definition) is 2. The molecule has 0 atom stereocenters. The predicted octanol–water partition coefficient (Wildman–Crippen LogP) is 3.81. The standard InChI is InChI=1S/C23H27N3O4S/c1-16(2)15-26-13-11-19-14-20(6-9-22(19)26)25-23(28)10-12-24-31(29,30)21-7-4-18(5-8-21)17(3)27/h4-9,11,13-14,16,24H,10,12,15H2,1-3H3,(H,25,28). The van der Waals surface area contributed by atoms with Crippen molar-refractivity contribution in [3.05, 3.63) is 60.3 Å². The van der Waals surface area contributed by atoms with Gasteiger partial charge < -0.3 is 9.88 Å². The van der Waals surface area contributed by atoms with Gasteiger partial charge in [0.2, 0.25) is 15.9 Å². The number of carbonyl (C=O) groups is 2. The van der Waals surface area contributed by atoms with E-state index in [1.54, 1.807) is 0 Å². The highest BCUT2D eigenvalue weighted by Gasteiger charge is 2.15. The number of rotatable bonds is 9. The summed E-state index contributed by atoms with van der Waals surface area (Å²) in [7, 11) is -3.75. The first-order valence-electron chi connectivity index (χ1n) is 10.1. The minimum absolute atomic E-state index is 0.00282. The average Bonchev–Trinajstić information content (AvgIpc) is 3.09. The summed E-state index contributed by atoms with van der Waals surface area (Å²) in [5.41, 5.74) is 2.22. The maximum Gasteiger partial charge on any atom is 0.240 e. The van der Waals surface area contributed by atoms with Gasteiger partial charge in [0.05, 0.1) is 4.90 Å². The molecule has 0 aliphatic carbocycles. The van der Waals surface area contributed by atoms with Crippen molar-refractivity contribution in [1.82, 2.24) is 9.29 Å². The molecule has 31 heavy (non-hydrogen) atoms. The van der Waals surface area contributed by atoms with Crippen LogP contribution in [0.15, 0.2) is 59.6 Å². The molecule has 3 aromatic rings. The molecular formula is C23H27N3O4S. The topological polar surface area (TPSA) is 97.3 Å². The lowest BCUT2D eigenvalue weighted by Gasteiger charge is -2.10. The van der Waals surface area contributed by atoms with Crippen molar-refractivity contribution in [2.45, 2.75) is 38.6 Å². The molecule has 2 aromatic carbocycles. The molecule has 0 spiro atoms. The fourth-order valence-electron chi connectivity index (χ4n) is 3.31. The van der Waals surface area contributed by atoms with Crippen LogP contribution in [0.5, 0.6) is 0 Å². The summed E-state index contributed by atoms with van der Waals surface area (Å²) in [6.45, 7) is 6.63. The van der Waals surface area contributed by atoms with E-state index in [0.717, 1.165) is 17.4 Å². The van der Waals surface area contributed by atoms with Gasteiger partial charge in [0.25, 0.3) is 0 Å². The van der Waals surface area contributed by atoms with E-state index in [9.17, 15) is 18.0 Å². The minimum atomic E-state index is -3.75. The van der Waals surface area contributed by atoms with Crippen LogP contribution in [0.25, 0.3) is 10.9 Å². The van der Waals surface area contributed by atoms with Crippen LogP contribution < -0.4 is 10.0 Å². The molecule has 3 rings (SSSR count). The summed E-state index contributed by atoms with van der Waals surface area (Å²) in [6, 6.07) is 13.4. The Morgan fingerprint density at radius 2 is 1.74 bits per heavy atom. The van der Waals surface area contributed by atoms with Crippen molar-refractivity contribution in [2.24, 2.45) is 5.92 Å². The number of ketones is 1.